The van der Waals surface area contributed by atoms with Crippen molar-refractivity contribution in [1.82, 2.24) is 10.6 Å². The Morgan fingerprint density at radius 2 is 1.86 bits per heavy atom. The van der Waals surface area contributed by atoms with Crippen LogP contribution in [0.3, 0.4) is 0 Å². The maximum Gasteiger partial charge on any atom is 0.251 e. The maximum atomic E-state index is 12.0. The Bertz CT molecular complexity index is 513. The fourth-order valence-corrected chi connectivity index (χ4v) is 2.92. The van der Waals surface area contributed by atoms with Crippen LogP contribution in [0.5, 0.6) is 0 Å². The van der Waals surface area contributed by atoms with E-state index < -0.39 is 0 Å². The van der Waals surface area contributed by atoms with E-state index in [1.807, 2.05) is 12.1 Å². The Balaban J connectivity index is 1.79. The lowest BCUT2D eigenvalue weighted by atomic mass is 9.83. The maximum absolute atomic E-state index is 12.0. The quantitative estimate of drug-likeness (QED) is 0.772. The molecule has 1 aromatic rings. The predicted molar refractivity (Wildman–Crippen MR) is 86.2 cm³/mol. The first-order valence-corrected chi connectivity index (χ1v) is 7.93. The highest BCUT2D eigenvalue weighted by atomic mass is 16.2. The zero-order chi connectivity index (χ0) is 15.9. The van der Waals surface area contributed by atoms with Gasteiger partial charge in [0.2, 0.25) is 5.91 Å². The molecule has 1 saturated carbocycles. The highest BCUT2D eigenvalue weighted by Gasteiger charge is 2.23. The van der Waals surface area contributed by atoms with Gasteiger partial charge in [-0.05, 0) is 36.5 Å². The van der Waals surface area contributed by atoms with Crippen LogP contribution < -0.4 is 16.4 Å². The largest absolute Gasteiger partial charge is 0.355 e. The van der Waals surface area contributed by atoms with Gasteiger partial charge in [-0.1, -0.05) is 25.0 Å². The molecule has 22 heavy (non-hydrogen) atoms. The van der Waals surface area contributed by atoms with Crippen LogP contribution in [0.4, 0.5) is 0 Å². The van der Waals surface area contributed by atoms with Gasteiger partial charge < -0.3 is 16.4 Å². The van der Waals surface area contributed by atoms with Gasteiger partial charge in [0.25, 0.3) is 5.91 Å². The molecule has 2 rings (SSSR count). The van der Waals surface area contributed by atoms with Crippen molar-refractivity contribution in [1.29, 1.82) is 0 Å². The second kappa shape index (κ2) is 7.94. The standard InChI is InChI=1S/C17H25N3O2/c1-19-17(22)13-8-6-12(7-9-13)11-20-16(21)10-14-4-2-3-5-15(14)18/h6-9,14-15H,2-5,10-11,18H2,1H3,(H,19,22)(H,20,21). The molecule has 0 aromatic heterocycles. The molecule has 0 bridgehead atoms. The van der Waals surface area contributed by atoms with Crippen molar-refractivity contribution in [3.05, 3.63) is 35.4 Å². The molecule has 1 aromatic carbocycles. The van der Waals surface area contributed by atoms with Crippen molar-refractivity contribution in [2.24, 2.45) is 11.7 Å². The third-order valence-electron chi connectivity index (χ3n) is 4.35. The molecule has 2 amide bonds. The first-order valence-electron chi connectivity index (χ1n) is 7.93. The van der Waals surface area contributed by atoms with E-state index in [1.54, 1.807) is 19.2 Å². The lowest BCUT2D eigenvalue weighted by Gasteiger charge is -2.27. The van der Waals surface area contributed by atoms with Crippen molar-refractivity contribution in [2.75, 3.05) is 7.05 Å². The SMILES string of the molecule is CNC(=O)c1ccc(CNC(=O)CC2CCCCC2N)cc1. The molecule has 120 valence electrons. The van der Waals surface area contributed by atoms with E-state index >= 15 is 0 Å². The Morgan fingerprint density at radius 1 is 1.18 bits per heavy atom. The summed E-state index contributed by atoms with van der Waals surface area (Å²) in [6, 6.07) is 7.40. The van der Waals surface area contributed by atoms with Gasteiger partial charge in [0.1, 0.15) is 0 Å². The molecule has 1 aliphatic carbocycles. The van der Waals surface area contributed by atoms with Gasteiger partial charge in [0.05, 0.1) is 0 Å². The van der Waals surface area contributed by atoms with Gasteiger partial charge in [-0.25, -0.2) is 0 Å². The predicted octanol–water partition coefficient (Wildman–Crippen LogP) is 1.57. The second-order valence-electron chi connectivity index (χ2n) is 5.97. The lowest BCUT2D eigenvalue weighted by Crippen LogP contribution is -2.37. The van der Waals surface area contributed by atoms with Gasteiger partial charge in [0.15, 0.2) is 0 Å². The number of rotatable bonds is 5. The monoisotopic (exact) mass is 303 g/mol. The van der Waals surface area contributed by atoms with E-state index in [0.29, 0.717) is 24.4 Å². The summed E-state index contributed by atoms with van der Waals surface area (Å²) in [6.45, 7) is 0.481. The van der Waals surface area contributed by atoms with E-state index in [-0.39, 0.29) is 17.9 Å². The van der Waals surface area contributed by atoms with Crippen molar-refractivity contribution in [2.45, 2.75) is 44.7 Å². The highest BCUT2D eigenvalue weighted by molar-refractivity contribution is 5.93. The third-order valence-corrected chi connectivity index (χ3v) is 4.35. The molecule has 0 spiro atoms. The first kappa shape index (κ1) is 16.5. The second-order valence-corrected chi connectivity index (χ2v) is 5.97. The molecule has 4 N–H and O–H groups in total. The van der Waals surface area contributed by atoms with Crippen molar-refractivity contribution in [3.8, 4) is 0 Å². The molecule has 1 fully saturated rings. The summed E-state index contributed by atoms with van der Waals surface area (Å²) in [6.07, 6.45) is 4.94. The summed E-state index contributed by atoms with van der Waals surface area (Å²) in [7, 11) is 1.60. The number of hydrogen-bond acceptors (Lipinski definition) is 3. The number of amides is 2. The number of nitrogens with one attached hydrogen (secondary N) is 2. The van der Waals surface area contributed by atoms with E-state index in [1.165, 1.54) is 12.8 Å². The van der Waals surface area contributed by atoms with Crippen molar-refractivity contribution < 1.29 is 9.59 Å². The molecular formula is C17H25N3O2. The molecule has 0 saturated heterocycles. The highest BCUT2D eigenvalue weighted by Crippen LogP contribution is 2.25. The van der Waals surface area contributed by atoms with Crippen LogP contribution >= 0.6 is 0 Å². The van der Waals surface area contributed by atoms with Gasteiger partial charge >= 0.3 is 0 Å². The number of hydrogen-bond donors (Lipinski definition) is 3. The average molecular weight is 303 g/mol. The molecule has 5 heteroatoms. The number of carbonyl (C=O) groups is 2. The summed E-state index contributed by atoms with van der Waals surface area (Å²) in [4.78, 5) is 23.5. The van der Waals surface area contributed by atoms with E-state index in [2.05, 4.69) is 10.6 Å². The zero-order valence-corrected chi connectivity index (χ0v) is 13.1. The lowest BCUT2D eigenvalue weighted by molar-refractivity contribution is -0.122. The molecule has 0 aliphatic heterocycles. The minimum atomic E-state index is -0.109. The zero-order valence-electron chi connectivity index (χ0n) is 13.1. The normalized spacial score (nSPS) is 21.2. The smallest absolute Gasteiger partial charge is 0.251 e. The third kappa shape index (κ3) is 4.56. The van der Waals surface area contributed by atoms with Crippen LogP contribution in [0.2, 0.25) is 0 Å². The fourth-order valence-electron chi connectivity index (χ4n) is 2.92. The Morgan fingerprint density at radius 3 is 2.50 bits per heavy atom. The van der Waals surface area contributed by atoms with Crippen LogP contribution in [-0.4, -0.2) is 24.9 Å². The van der Waals surface area contributed by atoms with Crippen LogP contribution in [0.15, 0.2) is 24.3 Å². The topological polar surface area (TPSA) is 84.2 Å². The van der Waals surface area contributed by atoms with Gasteiger partial charge in [-0.3, -0.25) is 9.59 Å². The number of benzene rings is 1. The summed E-state index contributed by atoms with van der Waals surface area (Å²) in [5.74, 6) is 0.254. The fraction of sp³-hybridized carbons (Fsp3) is 0.529. The van der Waals surface area contributed by atoms with Gasteiger partial charge in [-0.2, -0.15) is 0 Å². The molecule has 2 atom stereocenters. The minimum absolute atomic E-state index is 0.0535. The average Bonchev–Trinajstić information content (AvgIpc) is 2.55. The molecule has 1 aliphatic rings. The van der Waals surface area contributed by atoms with Crippen molar-refractivity contribution in [3.63, 3.8) is 0 Å². The molecular weight excluding hydrogens is 278 g/mol. The number of carbonyl (C=O) groups excluding carboxylic acids is 2. The first-order chi connectivity index (χ1) is 10.6. The Kier molecular flexibility index (Phi) is 5.95. The van der Waals surface area contributed by atoms with Crippen LogP contribution in [0.25, 0.3) is 0 Å². The minimum Gasteiger partial charge on any atom is -0.355 e. The van der Waals surface area contributed by atoms with Gasteiger partial charge in [-0.15, -0.1) is 0 Å². The molecule has 5 nitrogen and oxygen atoms in total. The van der Waals surface area contributed by atoms with E-state index in [0.717, 1.165) is 18.4 Å². The Hall–Kier alpha value is -1.88. The van der Waals surface area contributed by atoms with E-state index in [9.17, 15) is 9.59 Å². The molecule has 2 unspecified atom stereocenters. The van der Waals surface area contributed by atoms with Crippen LogP contribution in [-0.2, 0) is 11.3 Å². The summed E-state index contributed by atoms with van der Waals surface area (Å²) in [5.41, 5.74) is 7.67. The number of nitrogens with two attached hydrogens (primary N) is 1. The Labute approximate surface area is 131 Å². The van der Waals surface area contributed by atoms with Gasteiger partial charge in [0, 0.05) is 31.6 Å². The van der Waals surface area contributed by atoms with Crippen LogP contribution in [0, 0.1) is 5.92 Å². The summed E-state index contributed by atoms with van der Waals surface area (Å²) < 4.78 is 0. The van der Waals surface area contributed by atoms with Crippen LogP contribution in [0.1, 0.15) is 48.0 Å². The molecule has 0 radical (unpaired) electrons. The summed E-state index contributed by atoms with van der Waals surface area (Å²) >= 11 is 0. The summed E-state index contributed by atoms with van der Waals surface area (Å²) in [5, 5.41) is 5.51. The van der Waals surface area contributed by atoms with Crippen molar-refractivity contribution >= 4 is 11.8 Å². The molecule has 0 heterocycles. The van der Waals surface area contributed by atoms with E-state index in [4.69, 9.17) is 5.73 Å².